The summed E-state index contributed by atoms with van der Waals surface area (Å²) < 4.78 is 0. The van der Waals surface area contributed by atoms with Crippen LogP contribution in [0.3, 0.4) is 0 Å². The van der Waals surface area contributed by atoms with Crippen LogP contribution in [0.25, 0.3) is 0 Å². The quantitative estimate of drug-likeness (QED) is 0.470. The standard InChI is InChI=1S/C9H10O4/c1-5(11)8-6(4-10)2-3-7(12)9(8)13/h2-5,11-13H,1H3. The molecule has 0 saturated heterocycles. The molecule has 1 atom stereocenters. The zero-order valence-electron chi connectivity index (χ0n) is 7.06. The van der Waals surface area contributed by atoms with Crippen molar-refractivity contribution >= 4 is 6.29 Å². The van der Waals surface area contributed by atoms with Crippen molar-refractivity contribution in [1.82, 2.24) is 0 Å². The molecule has 1 aromatic carbocycles. The van der Waals surface area contributed by atoms with E-state index in [4.69, 9.17) is 5.11 Å². The molecule has 1 aromatic rings. The molecule has 0 bridgehead atoms. The van der Waals surface area contributed by atoms with Gasteiger partial charge in [-0.05, 0) is 19.1 Å². The summed E-state index contributed by atoms with van der Waals surface area (Å²) >= 11 is 0. The minimum Gasteiger partial charge on any atom is -0.504 e. The van der Waals surface area contributed by atoms with E-state index in [0.29, 0.717) is 6.29 Å². The normalized spacial score (nSPS) is 12.5. The number of benzene rings is 1. The third-order valence-electron chi connectivity index (χ3n) is 1.77. The van der Waals surface area contributed by atoms with Crippen LogP contribution in [0.1, 0.15) is 28.9 Å². The minimum atomic E-state index is -0.993. The molecule has 0 aliphatic carbocycles. The molecule has 4 nitrogen and oxygen atoms in total. The van der Waals surface area contributed by atoms with Gasteiger partial charge < -0.3 is 15.3 Å². The Bertz CT molecular complexity index is 331. The SMILES string of the molecule is CC(O)c1c(C=O)ccc(O)c1O. The fourth-order valence-corrected chi connectivity index (χ4v) is 1.15. The maximum Gasteiger partial charge on any atom is 0.164 e. The zero-order valence-corrected chi connectivity index (χ0v) is 7.06. The lowest BCUT2D eigenvalue weighted by molar-refractivity contribution is 0.111. The summed E-state index contributed by atoms with van der Waals surface area (Å²) in [4.78, 5) is 10.5. The predicted octanol–water partition coefficient (Wildman–Crippen LogP) is 0.964. The predicted molar refractivity (Wildman–Crippen MR) is 45.8 cm³/mol. The summed E-state index contributed by atoms with van der Waals surface area (Å²) in [7, 11) is 0. The van der Waals surface area contributed by atoms with Crippen molar-refractivity contribution in [3.63, 3.8) is 0 Å². The van der Waals surface area contributed by atoms with Gasteiger partial charge in [0.25, 0.3) is 0 Å². The Balaban J connectivity index is 3.41. The number of hydrogen-bond acceptors (Lipinski definition) is 4. The first-order valence-electron chi connectivity index (χ1n) is 3.76. The van der Waals surface area contributed by atoms with E-state index in [0.717, 1.165) is 0 Å². The molecular weight excluding hydrogens is 172 g/mol. The topological polar surface area (TPSA) is 77.8 Å². The highest BCUT2D eigenvalue weighted by Crippen LogP contribution is 2.34. The first kappa shape index (κ1) is 9.54. The van der Waals surface area contributed by atoms with E-state index < -0.39 is 11.9 Å². The van der Waals surface area contributed by atoms with E-state index in [-0.39, 0.29) is 16.9 Å². The van der Waals surface area contributed by atoms with Crippen molar-refractivity contribution in [3.05, 3.63) is 23.3 Å². The number of aliphatic hydroxyl groups is 1. The fourth-order valence-electron chi connectivity index (χ4n) is 1.15. The van der Waals surface area contributed by atoms with Crippen molar-refractivity contribution in [1.29, 1.82) is 0 Å². The highest BCUT2D eigenvalue weighted by atomic mass is 16.3. The Morgan fingerprint density at radius 1 is 1.38 bits per heavy atom. The van der Waals surface area contributed by atoms with Crippen molar-refractivity contribution in [2.75, 3.05) is 0 Å². The van der Waals surface area contributed by atoms with Gasteiger partial charge in [-0.25, -0.2) is 0 Å². The van der Waals surface area contributed by atoms with Crippen LogP contribution >= 0.6 is 0 Å². The number of hydrogen-bond donors (Lipinski definition) is 3. The third-order valence-corrected chi connectivity index (χ3v) is 1.77. The largest absolute Gasteiger partial charge is 0.504 e. The average molecular weight is 182 g/mol. The smallest absolute Gasteiger partial charge is 0.164 e. The molecule has 0 amide bonds. The molecule has 70 valence electrons. The van der Waals surface area contributed by atoms with E-state index in [2.05, 4.69) is 0 Å². The molecule has 0 saturated carbocycles. The summed E-state index contributed by atoms with van der Waals surface area (Å²) in [5.41, 5.74) is 0.223. The van der Waals surface area contributed by atoms with Crippen molar-refractivity contribution in [3.8, 4) is 11.5 Å². The van der Waals surface area contributed by atoms with Crippen LogP contribution in [0, 0.1) is 0 Å². The van der Waals surface area contributed by atoms with Crippen LogP contribution in [0.2, 0.25) is 0 Å². The second-order valence-electron chi connectivity index (χ2n) is 2.73. The van der Waals surface area contributed by atoms with Crippen LogP contribution in [0.4, 0.5) is 0 Å². The highest BCUT2D eigenvalue weighted by molar-refractivity contribution is 5.80. The lowest BCUT2D eigenvalue weighted by Crippen LogP contribution is -1.98. The summed E-state index contributed by atoms with van der Waals surface area (Å²) in [6.45, 7) is 1.40. The lowest BCUT2D eigenvalue weighted by atomic mass is 10.0. The Morgan fingerprint density at radius 2 is 2.00 bits per heavy atom. The van der Waals surface area contributed by atoms with Gasteiger partial charge in [0.1, 0.15) is 0 Å². The Morgan fingerprint density at radius 3 is 2.46 bits per heavy atom. The molecule has 0 aliphatic rings. The second-order valence-corrected chi connectivity index (χ2v) is 2.73. The van der Waals surface area contributed by atoms with E-state index in [9.17, 15) is 15.0 Å². The summed E-state index contributed by atoms with van der Waals surface area (Å²) in [6, 6.07) is 2.54. The van der Waals surface area contributed by atoms with Crippen LogP contribution in [-0.4, -0.2) is 21.6 Å². The molecule has 13 heavy (non-hydrogen) atoms. The summed E-state index contributed by atoms with van der Waals surface area (Å²) in [5.74, 6) is -0.791. The number of phenolic OH excluding ortho intramolecular Hbond substituents is 2. The maximum absolute atomic E-state index is 10.5. The van der Waals surface area contributed by atoms with Gasteiger partial charge in [0, 0.05) is 11.1 Å². The Kier molecular flexibility index (Phi) is 2.53. The van der Waals surface area contributed by atoms with Crippen molar-refractivity contribution < 1.29 is 20.1 Å². The highest BCUT2D eigenvalue weighted by Gasteiger charge is 2.15. The molecule has 0 aromatic heterocycles. The third kappa shape index (κ3) is 1.62. The van der Waals surface area contributed by atoms with E-state index in [1.54, 1.807) is 0 Å². The van der Waals surface area contributed by atoms with Gasteiger partial charge in [-0.1, -0.05) is 0 Å². The van der Waals surface area contributed by atoms with Crippen molar-refractivity contribution in [2.45, 2.75) is 13.0 Å². The fraction of sp³-hybridized carbons (Fsp3) is 0.222. The van der Waals surface area contributed by atoms with E-state index in [1.165, 1.54) is 19.1 Å². The van der Waals surface area contributed by atoms with Gasteiger partial charge in [0.2, 0.25) is 0 Å². The number of aromatic hydroxyl groups is 2. The Labute approximate surface area is 75.1 Å². The number of carbonyl (C=O) groups is 1. The van der Waals surface area contributed by atoms with Gasteiger partial charge in [-0.2, -0.15) is 0 Å². The molecule has 0 heterocycles. The Hall–Kier alpha value is -1.55. The van der Waals surface area contributed by atoms with E-state index >= 15 is 0 Å². The number of aldehydes is 1. The zero-order chi connectivity index (χ0) is 10.0. The average Bonchev–Trinajstić information content (AvgIpc) is 2.08. The molecule has 0 fully saturated rings. The number of carbonyl (C=O) groups excluding carboxylic acids is 1. The maximum atomic E-state index is 10.5. The van der Waals surface area contributed by atoms with Crippen LogP contribution in [-0.2, 0) is 0 Å². The lowest BCUT2D eigenvalue weighted by Gasteiger charge is -2.10. The van der Waals surface area contributed by atoms with Crippen LogP contribution in [0.15, 0.2) is 12.1 Å². The molecular formula is C9H10O4. The van der Waals surface area contributed by atoms with Gasteiger partial charge >= 0.3 is 0 Å². The van der Waals surface area contributed by atoms with Crippen LogP contribution < -0.4 is 0 Å². The minimum absolute atomic E-state index is 0.0509. The van der Waals surface area contributed by atoms with Crippen LogP contribution in [0.5, 0.6) is 11.5 Å². The van der Waals surface area contributed by atoms with Gasteiger partial charge in [0.05, 0.1) is 6.10 Å². The number of phenols is 2. The van der Waals surface area contributed by atoms with Gasteiger partial charge in [-0.3, -0.25) is 4.79 Å². The first-order chi connectivity index (χ1) is 6.07. The molecule has 0 aliphatic heterocycles. The first-order valence-corrected chi connectivity index (χ1v) is 3.76. The molecule has 0 radical (unpaired) electrons. The molecule has 1 unspecified atom stereocenters. The summed E-state index contributed by atoms with van der Waals surface area (Å²) in [5, 5.41) is 27.6. The van der Waals surface area contributed by atoms with Gasteiger partial charge in [-0.15, -0.1) is 0 Å². The number of rotatable bonds is 2. The molecule has 0 spiro atoms. The number of aliphatic hydroxyl groups excluding tert-OH is 1. The van der Waals surface area contributed by atoms with Crippen molar-refractivity contribution in [2.24, 2.45) is 0 Å². The molecule has 3 N–H and O–H groups in total. The van der Waals surface area contributed by atoms with E-state index in [1.807, 2.05) is 0 Å². The second kappa shape index (κ2) is 3.45. The molecule has 1 rings (SSSR count). The molecule has 4 heteroatoms. The monoisotopic (exact) mass is 182 g/mol. The summed E-state index contributed by atoms with van der Waals surface area (Å²) in [6.07, 6.45) is -0.478. The van der Waals surface area contributed by atoms with Gasteiger partial charge in [0.15, 0.2) is 17.8 Å².